The molecule has 0 unspecified atom stereocenters. The number of benzene rings is 1. The Morgan fingerprint density at radius 1 is 1.12 bits per heavy atom. The number of carboxylic acid groups (broad SMARTS) is 1. The van der Waals surface area contributed by atoms with Crippen molar-refractivity contribution in [1.29, 1.82) is 0 Å². The molecule has 0 fully saturated rings. The van der Waals surface area contributed by atoms with Crippen molar-refractivity contribution in [3.05, 3.63) is 54.0 Å². The van der Waals surface area contributed by atoms with Gasteiger partial charge in [-0.25, -0.2) is 8.42 Å². The normalized spacial score (nSPS) is 11.9. The first-order chi connectivity index (χ1) is 11.6. The van der Waals surface area contributed by atoms with Gasteiger partial charge < -0.3 is 14.8 Å². The minimum absolute atomic E-state index is 0.0725. The smallest absolute Gasteiger partial charge is 0.305 e. The number of carbonyl (C=O) groups is 2. The number of nitrogens with one attached hydrogen (secondary N) is 1. The number of amides is 1. The van der Waals surface area contributed by atoms with E-state index in [1.165, 1.54) is 24.3 Å². The molecular formula is C17H19NO6S. The van der Waals surface area contributed by atoms with Crippen molar-refractivity contribution >= 4 is 21.7 Å². The summed E-state index contributed by atoms with van der Waals surface area (Å²) in [4.78, 5) is 23.1. The third kappa shape index (κ3) is 5.18. The number of sulfone groups is 1. The van der Waals surface area contributed by atoms with E-state index in [1.807, 2.05) is 0 Å². The Hall–Kier alpha value is -2.61. The molecule has 0 aliphatic rings. The molecular weight excluding hydrogens is 346 g/mol. The van der Waals surface area contributed by atoms with E-state index in [0.717, 1.165) is 0 Å². The number of aliphatic carboxylic acids is 1. The van der Waals surface area contributed by atoms with Gasteiger partial charge in [-0.3, -0.25) is 9.59 Å². The number of furan rings is 1. The molecule has 25 heavy (non-hydrogen) atoms. The number of carboxylic acids is 1. The van der Waals surface area contributed by atoms with Crippen LogP contribution in [-0.2, 0) is 20.4 Å². The average Bonchev–Trinajstić information content (AvgIpc) is 2.94. The lowest BCUT2D eigenvalue weighted by atomic mass is 10.0. The maximum absolute atomic E-state index is 12.3. The van der Waals surface area contributed by atoms with E-state index >= 15 is 0 Å². The van der Waals surface area contributed by atoms with Gasteiger partial charge in [-0.05, 0) is 38.1 Å². The van der Waals surface area contributed by atoms with Crippen LogP contribution in [-0.4, -0.2) is 30.9 Å². The molecule has 1 amide bonds. The molecule has 1 heterocycles. The van der Waals surface area contributed by atoms with Gasteiger partial charge in [0.1, 0.15) is 11.5 Å². The quantitative estimate of drug-likeness (QED) is 0.778. The Balaban J connectivity index is 2.10. The van der Waals surface area contributed by atoms with E-state index in [4.69, 9.17) is 9.52 Å². The second-order valence-electron chi connectivity index (χ2n) is 6.25. The van der Waals surface area contributed by atoms with Crippen molar-refractivity contribution in [2.45, 2.75) is 36.5 Å². The first-order valence-corrected chi connectivity index (χ1v) is 9.15. The van der Waals surface area contributed by atoms with Gasteiger partial charge >= 0.3 is 5.97 Å². The van der Waals surface area contributed by atoms with Crippen LogP contribution in [0.25, 0.3) is 0 Å². The van der Waals surface area contributed by atoms with Gasteiger partial charge in [0.05, 0.1) is 11.3 Å². The molecule has 0 saturated carbocycles. The van der Waals surface area contributed by atoms with Crippen LogP contribution in [0.3, 0.4) is 0 Å². The second kappa shape index (κ2) is 7.10. The van der Waals surface area contributed by atoms with Gasteiger partial charge in [0.2, 0.25) is 0 Å². The molecule has 0 radical (unpaired) electrons. The maximum atomic E-state index is 12.3. The minimum atomic E-state index is -3.58. The standard InChI is InChI=1S/C17H19NO6S/c1-17(2,10-15(19)20)18-16(21)14-9-8-12(24-14)11-25(22,23)13-6-4-3-5-7-13/h3-9H,10-11H2,1-2H3,(H,18,21)(H,19,20). The Morgan fingerprint density at radius 3 is 2.36 bits per heavy atom. The predicted molar refractivity (Wildman–Crippen MR) is 89.8 cm³/mol. The summed E-state index contributed by atoms with van der Waals surface area (Å²) in [6.07, 6.45) is -0.255. The minimum Gasteiger partial charge on any atom is -0.481 e. The van der Waals surface area contributed by atoms with Crippen LogP contribution in [0, 0.1) is 0 Å². The maximum Gasteiger partial charge on any atom is 0.305 e. The molecule has 1 aromatic heterocycles. The SMILES string of the molecule is CC(C)(CC(=O)O)NC(=O)c1ccc(CS(=O)(=O)c2ccccc2)o1. The van der Waals surface area contributed by atoms with Crippen LogP contribution in [0.5, 0.6) is 0 Å². The molecule has 0 saturated heterocycles. The number of hydrogen-bond acceptors (Lipinski definition) is 5. The molecule has 2 N–H and O–H groups in total. The molecule has 134 valence electrons. The fourth-order valence-electron chi connectivity index (χ4n) is 2.27. The average molecular weight is 365 g/mol. The molecule has 7 nitrogen and oxygen atoms in total. The lowest BCUT2D eigenvalue weighted by molar-refractivity contribution is -0.138. The molecule has 2 aromatic rings. The van der Waals surface area contributed by atoms with E-state index < -0.39 is 27.3 Å². The van der Waals surface area contributed by atoms with Crippen LogP contribution in [0.15, 0.2) is 51.8 Å². The second-order valence-corrected chi connectivity index (χ2v) is 8.24. The summed E-state index contributed by atoms with van der Waals surface area (Å²) in [5.41, 5.74) is -0.966. The molecule has 0 spiro atoms. The van der Waals surface area contributed by atoms with Crippen molar-refractivity contribution in [3.8, 4) is 0 Å². The van der Waals surface area contributed by atoms with Crippen molar-refractivity contribution in [3.63, 3.8) is 0 Å². The fourth-order valence-corrected chi connectivity index (χ4v) is 3.54. The molecule has 8 heteroatoms. The predicted octanol–water partition coefficient (Wildman–Crippen LogP) is 2.24. The summed E-state index contributed by atoms with van der Waals surface area (Å²) in [7, 11) is -3.58. The summed E-state index contributed by atoms with van der Waals surface area (Å²) < 4.78 is 29.9. The molecule has 0 aliphatic heterocycles. The third-order valence-corrected chi connectivity index (χ3v) is 5.02. The first kappa shape index (κ1) is 18.7. The van der Waals surface area contributed by atoms with Gasteiger partial charge in [-0.2, -0.15) is 0 Å². The Bertz CT molecular complexity index is 868. The number of carbonyl (C=O) groups excluding carboxylic acids is 1. The lowest BCUT2D eigenvalue weighted by Gasteiger charge is -2.23. The van der Waals surface area contributed by atoms with Crippen LogP contribution >= 0.6 is 0 Å². The van der Waals surface area contributed by atoms with Crippen molar-refractivity contribution in [2.24, 2.45) is 0 Å². The summed E-state index contributed by atoms with van der Waals surface area (Å²) in [5.74, 6) is -1.96. The molecule has 0 bridgehead atoms. The largest absolute Gasteiger partial charge is 0.481 e. The van der Waals surface area contributed by atoms with Gasteiger partial charge in [0.25, 0.3) is 5.91 Å². The highest BCUT2D eigenvalue weighted by Crippen LogP contribution is 2.19. The van der Waals surface area contributed by atoms with Crippen LogP contribution < -0.4 is 5.32 Å². The van der Waals surface area contributed by atoms with E-state index in [1.54, 1.807) is 32.0 Å². The topological polar surface area (TPSA) is 114 Å². The van der Waals surface area contributed by atoms with Crippen molar-refractivity contribution in [2.75, 3.05) is 0 Å². The van der Waals surface area contributed by atoms with E-state index in [0.29, 0.717) is 0 Å². The summed E-state index contributed by atoms with van der Waals surface area (Å²) in [5, 5.41) is 11.4. The van der Waals surface area contributed by atoms with Gasteiger partial charge in [0.15, 0.2) is 15.6 Å². The monoisotopic (exact) mass is 365 g/mol. The van der Waals surface area contributed by atoms with Gasteiger partial charge in [-0.1, -0.05) is 18.2 Å². The number of rotatable bonds is 7. The highest BCUT2D eigenvalue weighted by atomic mass is 32.2. The van der Waals surface area contributed by atoms with E-state index in [-0.39, 0.29) is 28.6 Å². The fraction of sp³-hybridized carbons (Fsp3) is 0.294. The van der Waals surface area contributed by atoms with Crippen LogP contribution in [0.2, 0.25) is 0 Å². The van der Waals surface area contributed by atoms with Gasteiger partial charge in [-0.15, -0.1) is 0 Å². The molecule has 1 aromatic carbocycles. The highest BCUT2D eigenvalue weighted by molar-refractivity contribution is 7.90. The Labute approximate surface area is 145 Å². The summed E-state index contributed by atoms with van der Waals surface area (Å²) in [6, 6.07) is 10.7. The zero-order chi connectivity index (χ0) is 18.7. The summed E-state index contributed by atoms with van der Waals surface area (Å²) in [6.45, 7) is 3.14. The van der Waals surface area contributed by atoms with Crippen molar-refractivity contribution < 1.29 is 27.5 Å². The van der Waals surface area contributed by atoms with Crippen molar-refractivity contribution in [1.82, 2.24) is 5.32 Å². The highest BCUT2D eigenvalue weighted by Gasteiger charge is 2.26. The Morgan fingerprint density at radius 2 is 1.76 bits per heavy atom. The third-order valence-electron chi connectivity index (χ3n) is 3.37. The zero-order valence-corrected chi connectivity index (χ0v) is 14.7. The molecule has 0 aliphatic carbocycles. The van der Waals surface area contributed by atoms with Gasteiger partial charge in [0, 0.05) is 5.54 Å². The number of hydrogen-bond donors (Lipinski definition) is 2. The van der Waals surface area contributed by atoms with Crippen LogP contribution in [0.1, 0.15) is 36.6 Å². The molecule has 2 rings (SSSR count). The summed E-state index contributed by atoms with van der Waals surface area (Å²) >= 11 is 0. The van der Waals surface area contributed by atoms with E-state index in [9.17, 15) is 18.0 Å². The van der Waals surface area contributed by atoms with E-state index in [2.05, 4.69) is 5.32 Å². The zero-order valence-electron chi connectivity index (χ0n) is 13.9. The molecule has 0 atom stereocenters. The first-order valence-electron chi connectivity index (χ1n) is 7.50. The Kier molecular flexibility index (Phi) is 5.32. The van der Waals surface area contributed by atoms with Crippen LogP contribution in [0.4, 0.5) is 0 Å². The lowest BCUT2D eigenvalue weighted by Crippen LogP contribution is -2.44.